The summed E-state index contributed by atoms with van der Waals surface area (Å²) in [5, 5.41) is 3.34. The second-order valence-electron chi connectivity index (χ2n) is 3.33. The standard InChI is InChI=1S/C12H19NO2/c1-4-8-13-9-10-6-5-7-11(14-2)12(10)15-3/h5-7,13H,4,8-9H2,1-3H3. The minimum Gasteiger partial charge on any atom is -0.493 e. The summed E-state index contributed by atoms with van der Waals surface area (Å²) in [5.74, 6) is 1.61. The van der Waals surface area contributed by atoms with Crippen LogP contribution >= 0.6 is 0 Å². The van der Waals surface area contributed by atoms with Crippen LogP contribution in [0.5, 0.6) is 11.5 Å². The third-order valence-electron chi connectivity index (χ3n) is 2.23. The average Bonchev–Trinajstić information content (AvgIpc) is 2.29. The number of rotatable bonds is 6. The van der Waals surface area contributed by atoms with Crippen molar-refractivity contribution in [3.63, 3.8) is 0 Å². The Morgan fingerprint density at radius 2 is 2.00 bits per heavy atom. The largest absolute Gasteiger partial charge is 0.493 e. The van der Waals surface area contributed by atoms with Crippen molar-refractivity contribution in [1.29, 1.82) is 0 Å². The second kappa shape index (κ2) is 6.30. The van der Waals surface area contributed by atoms with Gasteiger partial charge < -0.3 is 14.8 Å². The zero-order valence-corrected chi connectivity index (χ0v) is 9.67. The fourth-order valence-electron chi connectivity index (χ4n) is 1.49. The molecule has 1 N–H and O–H groups in total. The highest BCUT2D eigenvalue weighted by atomic mass is 16.5. The molecule has 0 amide bonds. The molecule has 0 aromatic heterocycles. The lowest BCUT2D eigenvalue weighted by atomic mass is 10.2. The lowest BCUT2D eigenvalue weighted by molar-refractivity contribution is 0.350. The Hall–Kier alpha value is -1.22. The van der Waals surface area contributed by atoms with Crippen molar-refractivity contribution in [3.8, 4) is 11.5 Å². The van der Waals surface area contributed by atoms with E-state index in [0.29, 0.717) is 0 Å². The molecular formula is C12H19NO2. The van der Waals surface area contributed by atoms with E-state index in [-0.39, 0.29) is 0 Å². The van der Waals surface area contributed by atoms with Crippen LogP contribution < -0.4 is 14.8 Å². The monoisotopic (exact) mass is 209 g/mol. The molecule has 3 heteroatoms. The van der Waals surface area contributed by atoms with Gasteiger partial charge in [0.1, 0.15) is 0 Å². The van der Waals surface area contributed by atoms with Gasteiger partial charge >= 0.3 is 0 Å². The molecule has 0 aliphatic carbocycles. The fraction of sp³-hybridized carbons (Fsp3) is 0.500. The molecule has 0 unspecified atom stereocenters. The molecule has 0 saturated carbocycles. The maximum atomic E-state index is 5.33. The number of para-hydroxylation sites is 1. The highest BCUT2D eigenvalue weighted by Gasteiger charge is 2.08. The minimum absolute atomic E-state index is 0.785. The van der Waals surface area contributed by atoms with Crippen LogP contribution in [0.15, 0.2) is 18.2 Å². The molecule has 0 spiro atoms. The van der Waals surface area contributed by atoms with Crippen LogP contribution in [0.3, 0.4) is 0 Å². The van der Waals surface area contributed by atoms with Gasteiger partial charge in [-0.3, -0.25) is 0 Å². The summed E-state index contributed by atoms with van der Waals surface area (Å²) in [4.78, 5) is 0. The van der Waals surface area contributed by atoms with Crippen molar-refractivity contribution in [2.45, 2.75) is 19.9 Å². The van der Waals surface area contributed by atoms with Crippen LogP contribution in [-0.2, 0) is 6.54 Å². The van der Waals surface area contributed by atoms with Crippen LogP contribution in [0.25, 0.3) is 0 Å². The topological polar surface area (TPSA) is 30.5 Å². The molecule has 3 nitrogen and oxygen atoms in total. The first kappa shape index (κ1) is 11.9. The van der Waals surface area contributed by atoms with E-state index in [1.807, 2.05) is 18.2 Å². The van der Waals surface area contributed by atoms with Gasteiger partial charge in [-0.25, -0.2) is 0 Å². The summed E-state index contributed by atoms with van der Waals surface area (Å²) in [7, 11) is 3.32. The third-order valence-corrected chi connectivity index (χ3v) is 2.23. The van der Waals surface area contributed by atoms with E-state index in [2.05, 4.69) is 12.2 Å². The van der Waals surface area contributed by atoms with Gasteiger partial charge in [0.15, 0.2) is 11.5 Å². The lowest BCUT2D eigenvalue weighted by Gasteiger charge is -2.12. The quantitative estimate of drug-likeness (QED) is 0.729. The van der Waals surface area contributed by atoms with E-state index in [1.165, 1.54) is 0 Å². The first-order valence-electron chi connectivity index (χ1n) is 5.24. The number of hydrogen-bond acceptors (Lipinski definition) is 3. The summed E-state index contributed by atoms with van der Waals surface area (Å²) >= 11 is 0. The van der Waals surface area contributed by atoms with Crippen LogP contribution in [0.4, 0.5) is 0 Å². The predicted molar refractivity (Wildman–Crippen MR) is 61.5 cm³/mol. The molecule has 0 bridgehead atoms. The average molecular weight is 209 g/mol. The van der Waals surface area contributed by atoms with Crippen LogP contribution in [0, 0.1) is 0 Å². The van der Waals surface area contributed by atoms with Gasteiger partial charge in [0.2, 0.25) is 0 Å². The maximum absolute atomic E-state index is 5.33. The Kier molecular flexibility index (Phi) is 4.98. The molecule has 0 atom stereocenters. The van der Waals surface area contributed by atoms with Gasteiger partial charge in [0, 0.05) is 12.1 Å². The summed E-state index contributed by atoms with van der Waals surface area (Å²) in [6.07, 6.45) is 1.13. The molecular weight excluding hydrogens is 190 g/mol. The number of hydrogen-bond donors (Lipinski definition) is 1. The van der Waals surface area contributed by atoms with E-state index in [1.54, 1.807) is 14.2 Å². The molecule has 1 aromatic rings. The summed E-state index contributed by atoms with van der Waals surface area (Å²) in [6.45, 7) is 3.98. The van der Waals surface area contributed by atoms with E-state index in [0.717, 1.165) is 36.6 Å². The molecule has 0 heterocycles. The van der Waals surface area contributed by atoms with Gasteiger partial charge in [-0.15, -0.1) is 0 Å². The zero-order valence-electron chi connectivity index (χ0n) is 9.67. The van der Waals surface area contributed by atoms with Gasteiger partial charge in [0.25, 0.3) is 0 Å². The smallest absolute Gasteiger partial charge is 0.165 e. The SMILES string of the molecule is CCCNCc1cccc(OC)c1OC. The van der Waals surface area contributed by atoms with Crippen molar-refractivity contribution >= 4 is 0 Å². The Bertz CT molecular complexity index is 300. The molecule has 0 aliphatic rings. The molecule has 84 valence electrons. The van der Waals surface area contributed by atoms with Crippen LogP contribution in [0.1, 0.15) is 18.9 Å². The van der Waals surface area contributed by atoms with Gasteiger partial charge in [-0.05, 0) is 19.0 Å². The number of methoxy groups -OCH3 is 2. The summed E-state index contributed by atoms with van der Waals surface area (Å²) in [5.41, 5.74) is 1.13. The maximum Gasteiger partial charge on any atom is 0.165 e. The molecule has 0 fully saturated rings. The molecule has 1 rings (SSSR count). The van der Waals surface area contributed by atoms with E-state index < -0.39 is 0 Å². The first-order chi connectivity index (χ1) is 7.33. The Morgan fingerprint density at radius 3 is 2.60 bits per heavy atom. The van der Waals surface area contributed by atoms with Crippen LogP contribution in [-0.4, -0.2) is 20.8 Å². The van der Waals surface area contributed by atoms with E-state index >= 15 is 0 Å². The zero-order chi connectivity index (χ0) is 11.1. The molecule has 1 aromatic carbocycles. The lowest BCUT2D eigenvalue weighted by Crippen LogP contribution is -2.14. The highest BCUT2D eigenvalue weighted by molar-refractivity contribution is 5.46. The second-order valence-corrected chi connectivity index (χ2v) is 3.33. The number of nitrogens with one attached hydrogen (secondary N) is 1. The Morgan fingerprint density at radius 1 is 1.20 bits per heavy atom. The Labute approximate surface area is 91.4 Å². The van der Waals surface area contributed by atoms with Crippen molar-refractivity contribution in [2.75, 3.05) is 20.8 Å². The normalized spacial score (nSPS) is 10.1. The van der Waals surface area contributed by atoms with Crippen molar-refractivity contribution in [2.24, 2.45) is 0 Å². The van der Waals surface area contributed by atoms with E-state index in [9.17, 15) is 0 Å². The number of benzene rings is 1. The first-order valence-corrected chi connectivity index (χ1v) is 5.24. The predicted octanol–water partition coefficient (Wildman–Crippen LogP) is 2.20. The number of ether oxygens (including phenoxy) is 2. The molecule has 0 saturated heterocycles. The minimum atomic E-state index is 0.785. The fourth-order valence-corrected chi connectivity index (χ4v) is 1.49. The molecule has 15 heavy (non-hydrogen) atoms. The van der Waals surface area contributed by atoms with Gasteiger partial charge in [-0.1, -0.05) is 19.1 Å². The van der Waals surface area contributed by atoms with Crippen molar-refractivity contribution in [3.05, 3.63) is 23.8 Å². The molecule has 0 aliphatic heterocycles. The van der Waals surface area contributed by atoms with Crippen molar-refractivity contribution < 1.29 is 9.47 Å². The highest BCUT2D eigenvalue weighted by Crippen LogP contribution is 2.30. The van der Waals surface area contributed by atoms with E-state index in [4.69, 9.17) is 9.47 Å². The van der Waals surface area contributed by atoms with Crippen LogP contribution in [0.2, 0.25) is 0 Å². The molecule has 0 radical (unpaired) electrons. The van der Waals surface area contributed by atoms with Gasteiger partial charge in [0.05, 0.1) is 14.2 Å². The Balaban J connectivity index is 2.76. The van der Waals surface area contributed by atoms with Gasteiger partial charge in [-0.2, -0.15) is 0 Å². The third kappa shape index (κ3) is 3.13. The summed E-state index contributed by atoms with van der Waals surface area (Å²) < 4.78 is 10.6. The summed E-state index contributed by atoms with van der Waals surface area (Å²) in [6, 6.07) is 5.93. The van der Waals surface area contributed by atoms with Crippen molar-refractivity contribution in [1.82, 2.24) is 5.32 Å².